The normalized spacial score (nSPS) is 15.9. The molecular formula is C11H21NO2. The quantitative estimate of drug-likeness (QED) is 0.633. The predicted octanol–water partition coefficient (Wildman–Crippen LogP) is 1.58. The maximum atomic E-state index is 11.1. The van der Waals surface area contributed by atoms with E-state index in [1.807, 2.05) is 0 Å². The molecule has 0 atom stereocenters. The van der Waals surface area contributed by atoms with Crippen LogP contribution in [0.15, 0.2) is 0 Å². The van der Waals surface area contributed by atoms with Crippen molar-refractivity contribution in [3.05, 3.63) is 0 Å². The van der Waals surface area contributed by atoms with Gasteiger partial charge in [-0.05, 0) is 24.8 Å². The second-order valence-corrected chi connectivity index (χ2v) is 4.48. The third-order valence-corrected chi connectivity index (χ3v) is 2.31. The maximum absolute atomic E-state index is 11.1. The van der Waals surface area contributed by atoms with E-state index in [0.29, 0.717) is 19.1 Å². The third kappa shape index (κ3) is 5.97. The van der Waals surface area contributed by atoms with Gasteiger partial charge >= 0.3 is 5.97 Å². The summed E-state index contributed by atoms with van der Waals surface area (Å²) in [7, 11) is 0. The minimum atomic E-state index is -0.119. The van der Waals surface area contributed by atoms with Crippen molar-refractivity contribution in [2.45, 2.75) is 33.1 Å². The molecular weight excluding hydrogens is 178 g/mol. The Morgan fingerprint density at radius 1 is 1.50 bits per heavy atom. The van der Waals surface area contributed by atoms with Gasteiger partial charge in [-0.15, -0.1) is 0 Å². The average molecular weight is 199 g/mol. The van der Waals surface area contributed by atoms with Crippen molar-refractivity contribution in [1.82, 2.24) is 5.32 Å². The zero-order valence-corrected chi connectivity index (χ0v) is 9.21. The van der Waals surface area contributed by atoms with Gasteiger partial charge in [-0.2, -0.15) is 0 Å². The van der Waals surface area contributed by atoms with E-state index in [4.69, 9.17) is 4.74 Å². The zero-order valence-electron chi connectivity index (χ0n) is 9.21. The second kappa shape index (κ2) is 6.02. The fourth-order valence-corrected chi connectivity index (χ4v) is 1.26. The molecule has 0 heterocycles. The number of hydrogen-bond acceptors (Lipinski definition) is 3. The summed E-state index contributed by atoms with van der Waals surface area (Å²) < 4.78 is 5.07. The Kier molecular flexibility index (Phi) is 4.94. The highest BCUT2D eigenvalue weighted by Crippen LogP contribution is 2.31. The van der Waals surface area contributed by atoms with E-state index in [-0.39, 0.29) is 5.97 Å². The lowest BCUT2D eigenvalue weighted by Crippen LogP contribution is -2.28. The molecule has 0 aromatic carbocycles. The first-order chi connectivity index (χ1) is 6.68. The molecule has 1 saturated carbocycles. The Morgan fingerprint density at radius 3 is 2.79 bits per heavy atom. The van der Waals surface area contributed by atoms with Gasteiger partial charge < -0.3 is 10.1 Å². The highest BCUT2D eigenvalue weighted by Gasteiger charge is 2.21. The van der Waals surface area contributed by atoms with Crippen LogP contribution >= 0.6 is 0 Å². The summed E-state index contributed by atoms with van der Waals surface area (Å²) in [5.41, 5.74) is 0. The topological polar surface area (TPSA) is 38.3 Å². The van der Waals surface area contributed by atoms with Gasteiger partial charge in [0, 0.05) is 0 Å². The van der Waals surface area contributed by atoms with Crippen molar-refractivity contribution in [1.29, 1.82) is 0 Å². The average Bonchev–Trinajstić information content (AvgIpc) is 2.87. The molecule has 0 radical (unpaired) electrons. The van der Waals surface area contributed by atoms with Crippen molar-refractivity contribution < 1.29 is 9.53 Å². The van der Waals surface area contributed by atoms with E-state index in [9.17, 15) is 4.79 Å². The summed E-state index contributed by atoms with van der Waals surface area (Å²) in [6.45, 7) is 6.06. The molecule has 82 valence electrons. The van der Waals surface area contributed by atoms with Gasteiger partial charge in [-0.1, -0.05) is 26.7 Å². The minimum Gasteiger partial charge on any atom is -0.465 e. The zero-order chi connectivity index (χ0) is 10.4. The summed E-state index contributed by atoms with van der Waals surface area (Å²) in [4.78, 5) is 11.1. The van der Waals surface area contributed by atoms with Crippen LogP contribution in [-0.2, 0) is 9.53 Å². The highest BCUT2D eigenvalue weighted by molar-refractivity contribution is 5.71. The number of carbonyl (C=O) groups is 1. The van der Waals surface area contributed by atoms with E-state index < -0.39 is 0 Å². The molecule has 1 N–H and O–H groups in total. The predicted molar refractivity (Wildman–Crippen MR) is 56.0 cm³/mol. The van der Waals surface area contributed by atoms with Crippen LogP contribution in [0.3, 0.4) is 0 Å². The van der Waals surface area contributed by atoms with Crippen LogP contribution in [-0.4, -0.2) is 25.7 Å². The smallest absolute Gasteiger partial charge is 0.319 e. The molecule has 1 aliphatic carbocycles. The van der Waals surface area contributed by atoms with Crippen molar-refractivity contribution in [3.63, 3.8) is 0 Å². The lowest BCUT2D eigenvalue weighted by molar-refractivity contribution is -0.142. The first-order valence-corrected chi connectivity index (χ1v) is 5.55. The first kappa shape index (κ1) is 11.5. The number of hydrogen-bond donors (Lipinski definition) is 1. The van der Waals surface area contributed by atoms with E-state index in [1.54, 1.807) is 0 Å². The molecule has 0 aliphatic heterocycles. The molecule has 0 spiro atoms. The Hall–Kier alpha value is -0.570. The van der Waals surface area contributed by atoms with Crippen LogP contribution < -0.4 is 5.32 Å². The summed E-state index contributed by atoms with van der Waals surface area (Å²) in [5, 5.41) is 3.06. The lowest BCUT2D eigenvalue weighted by Gasteiger charge is -2.07. The Balaban J connectivity index is 1.87. The molecule has 1 aliphatic rings. The largest absolute Gasteiger partial charge is 0.465 e. The fourth-order valence-electron chi connectivity index (χ4n) is 1.26. The number of ether oxygens (including phenoxy) is 1. The molecule has 0 unspecified atom stereocenters. The van der Waals surface area contributed by atoms with Gasteiger partial charge in [0.15, 0.2) is 0 Å². The van der Waals surface area contributed by atoms with Gasteiger partial charge in [0.25, 0.3) is 0 Å². The fraction of sp³-hybridized carbons (Fsp3) is 0.909. The number of carbonyl (C=O) groups excluding carboxylic acids is 1. The van der Waals surface area contributed by atoms with Crippen LogP contribution in [0.4, 0.5) is 0 Å². The van der Waals surface area contributed by atoms with Crippen LogP contribution in [0, 0.1) is 11.8 Å². The van der Waals surface area contributed by atoms with E-state index in [1.165, 1.54) is 12.8 Å². The van der Waals surface area contributed by atoms with Gasteiger partial charge in [0.1, 0.15) is 0 Å². The van der Waals surface area contributed by atoms with E-state index >= 15 is 0 Å². The Bertz CT molecular complexity index is 166. The molecule has 1 rings (SSSR count). The maximum Gasteiger partial charge on any atom is 0.319 e. The SMILES string of the molecule is CC(C)CNCC(=O)OCCC1CC1. The Morgan fingerprint density at radius 2 is 2.21 bits per heavy atom. The summed E-state index contributed by atoms with van der Waals surface area (Å²) in [6, 6.07) is 0. The number of esters is 1. The molecule has 0 bridgehead atoms. The molecule has 0 aromatic rings. The standard InChI is InChI=1S/C11H21NO2/c1-9(2)7-12-8-11(13)14-6-5-10-3-4-10/h9-10,12H,3-8H2,1-2H3. The van der Waals surface area contributed by atoms with Crippen LogP contribution in [0.2, 0.25) is 0 Å². The van der Waals surface area contributed by atoms with Gasteiger partial charge in [-0.3, -0.25) is 4.79 Å². The van der Waals surface area contributed by atoms with Crippen LogP contribution in [0.1, 0.15) is 33.1 Å². The van der Waals surface area contributed by atoms with Gasteiger partial charge in [0.2, 0.25) is 0 Å². The molecule has 3 heteroatoms. The molecule has 0 amide bonds. The first-order valence-electron chi connectivity index (χ1n) is 5.55. The summed E-state index contributed by atoms with van der Waals surface area (Å²) in [6.07, 6.45) is 3.70. The van der Waals surface area contributed by atoms with Crippen molar-refractivity contribution in [2.75, 3.05) is 19.7 Å². The highest BCUT2D eigenvalue weighted by atomic mass is 16.5. The molecule has 0 aromatic heterocycles. The summed E-state index contributed by atoms with van der Waals surface area (Å²) >= 11 is 0. The minimum absolute atomic E-state index is 0.119. The molecule has 14 heavy (non-hydrogen) atoms. The van der Waals surface area contributed by atoms with Crippen LogP contribution in [0.5, 0.6) is 0 Å². The Labute approximate surface area is 86.2 Å². The van der Waals surface area contributed by atoms with Gasteiger partial charge in [0.05, 0.1) is 13.2 Å². The number of nitrogens with one attached hydrogen (secondary N) is 1. The summed E-state index contributed by atoms with van der Waals surface area (Å²) in [5.74, 6) is 1.30. The van der Waals surface area contributed by atoms with Crippen molar-refractivity contribution in [2.24, 2.45) is 11.8 Å². The molecule has 0 saturated heterocycles. The van der Waals surface area contributed by atoms with Crippen molar-refractivity contribution in [3.8, 4) is 0 Å². The second-order valence-electron chi connectivity index (χ2n) is 4.48. The molecule has 3 nitrogen and oxygen atoms in total. The van der Waals surface area contributed by atoms with Crippen molar-refractivity contribution >= 4 is 5.97 Å². The third-order valence-electron chi connectivity index (χ3n) is 2.31. The van der Waals surface area contributed by atoms with E-state index in [2.05, 4.69) is 19.2 Å². The molecule has 1 fully saturated rings. The van der Waals surface area contributed by atoms with E-state index in [0.717, 1.165) is 18.9 Å². The monoisotopic (exact) mass is 199 g/mol. The number of rotatable bonds is 7. The van der Waals surface area contributed by atoms with Gasteiger partial charge in [-0.25, -0.2) is 0 Å². The lowest BCUT2D eigenvalue weighted by atomic mass is 10.2. The van der Waals surface area contributed by atoms with Crippen LogP contribution in [0.25, 0.3) is 0 Å².